The predicted octanol–water partition coefficient (Wildman–Crippen LogP) is 3.46. The third-order valence-corrected chi connectivity index (χ3v) is 4.24. The molecule has 2 rings (SSSR count). The molecular formula is C22H28N4O3. The Hall–Kier alpha value is -3.35. The van der Waals surface area contributed by atoms with Crippen LogP contribution in [0.15, 0.2) is 53.5 Å². The molecule has 0 bridgehead atoms. The second-order valence-corrected chi connectivity index (χ2v) is 6.64. The molecule has 1 amide bonds. The fraction of sp³-hybridized carbons (Fsp3) is 0.318. The van der Waals surface area contributed by atoms with E-state index < -0.39 is 5.97 Å². The molecule has 4 N–H and O–H groups in total. The van der Waals surface area contributed by atoms with Gasteiger partial charge in [0.25, 0.3) is 5.91 Å². The molecule has 0 aliphatic heterocycles. The van der Waals surface area contributed by atoms with Gasteiger partial charge in [0, 0.05) is 18.7 Å². The van der Waals surface area contributed by atoms with Crippen molar-refractivity contribution in [2.45, 2.75) is 33.1 Å². The minimum atomic E-state index is -0.504. The van der Waals surface area contributed by atoms with E-state index in [1.165, 1.54) is 0 Å². The minimum absolute atomic E-state index is 0.00602. The van der Waals surface area contributed by atoms with Crippen LogP contribution in [0, 0.1) is 0 Å². The Bertz CT molecular complexity index is 841. The van der Waals surface area contributed by atoms with Crippen LogP contribution in [0.2, 0.25) is 0 Å². The number of aliphatic imine (C=N–C) groups is 1. The zero-order chi connectivity index (χ0) is 21.2. The largest absolute Gasteiger partial charge is 0.423 e. The van der Waals surface area contributed by atoms with Crippen molar-refractivity contribution < 1.29 is 14.3 Å². The molecule has 0 unspecified atom stereocenters. The molecule has 0 saturated carbocycles. The number of unbranched alkanes of at least 4 members (excludes halogenated alkanes) is 1. The van der Waals surface area contributed by atoms with Gasteiger partial charge in [0.05, 0.1) is 11.3 Å². The highest BCUT2D eigenvalue weighted by atomic mass is 16.5. The first-order valence-corrected chi connectivity index (χ1v) is 9.75. The van der Waals surface area contributed by atoms with E-state index in [1.54, 1.807) is 48.5 Å². The molecule has 0 saturated heterocycles. The van der Waals surface area contributed by atoms with E-state index in [4.69, 9.17) is 16.2 Å². The van der Waals surface area contributed by atoms with Crippen LogP contribution in [0.25, 0.3) is 0 Å². The highest BCUT2D eigenvalue weighted by molar-refractivity contribution is 5.95. The monoisotopic (exact) mass is 396 g/mol. The average molecular weight is 396 g/mol. The molecule has 2 aromatic carbocycles. The quantitative estimate of drug-likeness (QED) is 0.292. The molecule has 0 heterocycles. The summed E-state index contributed by atoms with van der Waals surface area (Å²) in [7, 11) is 0. The summed E-state index contributed by atoms with van der Waals surface area (Å²) < 4.78 is 5.38. The summed E-state index contributed by atoms with van der Waals surface area (Å²) in [6.45, 7) is 5.63. The highest BCUT2D eigenvalue weighted by Crippen LogP contribution is 2.18. The number of carbonyl (C=O) groups excluding carboxylic acids is 2. The van der Waals surface area contributed by atoms with Crippen molar-refractivity contribution in [3.63, 3.8) is 0 Å². The number of guanidine groups is 1. The van der Waals surface area contributed by atoms with Crippen LogP contribution in [0.5, 0.6) is 5.75 Å². The highest BCUT2D eigenvalue weighted by Gasteiger charge is 2.15. The van der Waals surface area contributed by atoms with Crippen molar-refractivity contribution in [3.05, 3.63) is 59.7 Å². The summed E-state index contributed by atoms with van der Waals surface area (Å²) >= 11 is 0. The number of carbonyl (C=O) groups is 2. The summed E-state index contributed by atoms with van der Waals surface area (Å²) in [5.41, 5.74) is 12.1. The standard InChI is InChI=1S/C22H28N4O3/c1-3-5-15-26(14-4-2)20(27)16-8-12-19(13-9-16)29-21(28)17-6-10-18(11-7-17)25-22(23)24/h6-13H,3-5,14-15H2,1-2H3,(H4,23,24,25). The van der Waals surface area contributed by atoms with Crippen LogP contribution in [0.1, 0.15) is 53.8 Å². The number of rotatable bonds is 9. The Morgan fingerprint density at radius 1 is 0.897 bits per heavy atom. The third-order valence-electron chi connectivity index (χ3n) is 4.24. The Morgan fingerprint density at radius 2 is 1.52 bits per heavy atom. The molecule has 7 heteroatoms. The van der Waals surface area contributed by atoms with Crippen molar-refractivity contribution in [1.82, 2.24) is 4.90 Å². The van der Waals surface area contributed by atoms with Crippen LogP contribution in [0.4, 0.5) is 5.69 Å². The molecule has 29 heavy (non-hydrogen) atoms. The maximum absolute atomic E-state index is 12.7. The molecule has 0 aliphatic rings. The molecule has 0 spiro atoms. The Morgan fingerprint density at radius 3 is 2.07 bits per heavy atom. The number of esters is 1. The zero-order valence-corrected chi connectivity index (χ0v) is 16.9. The number of hydrogen-bond donors (Lipinski definition) is 2. The normalized spacial score (nSPS) is 10.3. The first-order chi connectivity index (χ1) is 13.9. The SMILES string of the molecule is CCCCN(CCC)C(=O)c1ccc(OC(=O)c2ccc(N=C(N)N)cc2)cc1. The first kappa shape index (κ1) is 21.9. The molecule has 0 aromatic heterocycles. The lowest BCUT2D eigenvalue weighted by Crippen LogP contribution is -2.32. The van der Waals surface area contributed by atoms with Crippen LogP contribution >= 0.6 is 0 Å². The first-order valence-electron chi connectivity index (χ1n) is 9.75. The van der Waals surface area contributed by atoms with Crippen molar-refractivity contribution >= 4 is 23.5 Å². The van der Waals surface area contributed by atoms with Crippen LogP contribution in [-0.2, 0) is 0 Å². The van der Waals surface area contributed by atoms with Crippen molar-refractivity contribution in [3.8, 4) is 5.75 Å². The molecular weight excluding hydrogens is 368 g/mol. The average Bonchev–Trinajstić information content (AvgIpc) is 2.71. The van der Waals surface area contributed by atoms with Crippen LogP contribution < -0.4 is 16.2 Å². The van der Waals surface area contributed by atoms with Gasteiger partial charge in [-0.15, -0.1) is 0 Å². The van der Waals surface area contributed by atoms with Gasteiger partial charge in [0.2, 0.25) is 0 Å². The van der Waals surface area contributed by atoms with Gasteiger partial charge in [-0.25, -0.2) is 9.79 Å². The number of amides is 1. The van der Waals surface area contributed by atoms with Gasteiger partial charge in [-0.1, -0.05) is 20.3 Å². The van der Waals surface area contributed by atoms with Gasteiger partial charge in [0.15, 0.2) is 5.96 Å². The number of ether oxygens (including phenoxy) is 1. The third kappa shape index (κ3) is 6.64. The van der Waals surface area contributed by atoms with E-state index in [1.807, 2.05) is 4.90 Å². The smallest absolute Gasteiger partial charge is 0.343 e. The van der Waals surface area contributed by atoms with Crippen LogP contribution in [0.3, 0.4) is 0 Å². The molecule has 0 aliphatic carbocycles. The minimum Gasteiger partial charge on any atom is -0.423 e. The molecule has 0 fully saturated rings. The second kappa shape index (κ2) is 10.8. The van der Waals surface area contributed by atoms with Gasteiger partial charge in [0.1, 0.15) is 5.75 Å². The number of benzene rings is 2. The summed E-state index contributed by atoms with van der Waals surface area (Å²) in [6.07, 6.45) is 2.92. The maximum Gasteiger partial charge on any atom is 0.343 e. The summed E-state index contributed by atoms with van der Waals surface area (Å²) in [5.74, 6) is -0.193. The molecule has 0 radical (unpaired) electrons. The van der Waals surface area contributed by atoms with Gasteiger partial charge in [-0.3, -0.25) is 4.79 Å². The van der Waals surface area contributed by atoms with E-state index >= 15 is 0 Å². The number of hydrogen-bond acceptors (Lipinski definition) is 4. The fourth-order valence-corrected chi connectivity index (χ4v) is 2.77. The van der Waals surface area contributed by atoms with Crippen LogP contribution in [-0.4, -0.2) is 35.8 Å². The van der Waals surface area contributed by atoms with Crippen molar-refractivity contribution in [2.24, 2.45) is 16.5 Å². The van der Waals surface area contributed by atoms with Gasteiger partial charge >= 0.3 is 5.97 Å². The molecule has 0 atom stereocenters. The van der Waals surface area contributed by atoms with E-state index in [0.29, 0.717) is 22.6 Å². The Kier molecular flexibility index (Phi) is 8.21. The summed E-state index contributed by atoms with van der Waals surface area (Å²) in [6, 6.07) is 13.0. The van der Waals surface area contributed by atoms with Gasteiger partial charge in [-0.2, -0.15) is 0 Å². The molecule has 7 nitrogen and oxygen atoms in total. The van der Waals surface area contributed by atoms with E-state index in [9.17, 15) is 9.59 Å². The van der Waals surface area contributed by atoms with Gasteiger partial charge < -0.3 is 21.1 Å². The van der Waals surface area contributed by atoms with Crippen molar-refractivity contribution in [2.75, 3.05) is 13.1 Å². The van der Waals surface area contributed by atoms with E-state index in [2.05, 4.69) is 18.8 Å². The summed E-state index contributed by atoms with van der Waals surface area (Å²) in [5, 5.41) is 0. The lowest BCUT2D eigenvalue weighted by molar-refractivity contribution is 0.0734. The Labute approximate surface area is 171 Å². The number of nitrogens with two attached hydrogens (primary N) is 2. The van der Waals surface area contributed by atoms with Gasteiger partial charge in [-0.05, 0) is 61.4 Å². The van der Waals surface area contributed by atoms with Crippen molar-refractivity contribution in [1.29, 1.82) is 0 Å². The topological polar surface area (TPSA) is 111 Å². The van der Waals surface area contributed by atoms with E-state index in [0.717, 1.165) is 32.4 Å². The lowest BCUT2D eigenvalue weighted by atomic mass is 10.1. The zero-order valence-electron chi connectivity index (χ0n) is 16.9. The summed E-state index contributed by atoms with van der Waals surface area (Å²) in [4.78, 5) is 30.8. The second-order valence-electron chi connectivity index (χ2n) is 6.64. The fourth-order valence-electron chi connectivity index (χ4n) is 2.77. The van der Waals surface area contributed by atoms with E-state index in [-0.39, 0.29) is 11.9 Å². The number of nitrogens with zero attached hydrogens (tertiary/aromatic N) is 2. The lowest BCUT2D eigenvalue weighted by Gasteiger charge is -2.22. The predicted molar refractivity (Wildman–Crippen MR) is 114 cm³/mol. The Balaban J connectivity index is 2.03. The molecule has 2 aromatic rings. The molecule has 154 valence electrons. The maximum atomic E-state index is 12.7.